The maximum atomic E-state index is 12.8. The van der Waals surface area contributed by atoms with Crippen molar-refractivity contribution in [2.45, 2.75) is 17.9 Å². The lowest BCUT2D eigenvalue weighted by Gasteiger charge is -2.14. The van der Waals surface area contributed by atoms with E-state index in [0.717, 1.165) is 29.8 Å². The molecular formula is C18H19FN2O5S. The summed E-state index contributed by atoms with van der Waals surface area (Å²) in [6.07, 6.45) is 0. The molecule has 9 heteroatoms. The fourth-order valence-corrected chi connectivity index (χ4v) is 3.13. The zero-order valence-corrected chi connectivity index (χ0v) is 15.3. The number of amides is 1. The van der Waals surface area contributed by atoms with Gasteiger partial charge in [0.25, 0.3) is 5.91 Å². The highest BCUT2D eigenvalue weighted by molar-refractivity contribution is 7.89. The van der Waals surface area contributed by atoms with Crippen LogP contribution in [0.3, 0.4) is 0 Å². The van der Waals surface area contributed by atoms with Crippen molar-refractivity contribution in [1.82, 2.24) is 10.0 Å². The molecule has 0 aliphatic heterocycles. The number of ether oxygens (including phenoxy) is 1. The lowest BCUT2D eigenvalue weighted by atomic mass is 10.1. The van der Waals surface area contributed by atoms with E-state index >= 15 is 0 Å². The van der Waals surface area contributed by atoms with Gasteiger partial charge in [-0.25, -0.2) is 12.8 Å². The van der Waals surface area contributed by atoms with Gasteiger partial charge in [0.2, 0.25) is 10.0 Å². The minimum atomic E-state index is -3.98. The lowest BCUT2D eigenvalue weighted by molar-refractivity contribution is -0.147. The monoisotopic (exact) mass is 394 g/mol. The Kier molecular flexibility index (Phi) is 7.03. The van der Waals surface area contributed by atoms with E-state index in [1.807, 2.05) is 35.1 Å². The van der Waals surface area contributed by atoms with Gasteiger partial charge in [0, 0.05) is 0 Å². The maximum Gasteiger partial charge on any atom is 0.321 e. The van der Waals surface area contributed by atoms with Gasteiger partial charge in [0.05, 0.1) is 10.9 Å². The van der Waals surface area contributed by atoms with Crippen molar-refractivity contribution < 1.29 is 27.1 Å². The highest BCUT2D eigenvalue weighted by Crippen LogP contribution is 2.11. The first kappa shape index (κ1) is 20.5. The minimum absolute atomic E-state index is 0.189. The van der Waals surface area contributed by atoms with Crippen LogP contribution in [0.25, 0.3) is 0 Å². The molecule has 7 nitrogen and oxygen atoms in total. The first-order chi connectivity index (χ1) is 12.8. The Morgan fingerprint density at radius 2 is 1.70 bits per heavy atom. The predicted molar refractivity (Wildman–Crippen MR) is 95.5 cm³/mol. The van der Waals surface area contributed by atoms with Crippen LogP contribution < -0.4 is 10.0 Å². The molecule has 0 heterocycles. The molecule has 0 aliphatic rings. The number of carbonyl (C=O) groups is 2. The third-order valence-corrected chi connectivity index (χ3v) is 4.99. The number of benzene rings is 2. The van der Waals surface area contributed by atoms with Crippen LogP contribution in [0.4, 0.5) is 4.39 Å². The zero-order chi connectivity index (χ0) is 19.9. The molecule has 0 fully saturated rings. The zero-order valence-electron chi connectivity index (χ0n) is 14.5. The smallest absolute Gasteiger partial charge is 0.321 e. The molecule has 1 atom stereocenters. The molecule has 0 aliphatic carbocycles. The van der Waals surface area contributed by atoms with Crippen molar-refractivity contribution in [2.75, 3.05) is 13.2 Å². The molecule has 144 valence electrons. The summed E-state index contributed by atoms with van der Waals surface area (Å²) >= 11 is 0. The van der Waals surface area contributed by atoms with E-state index < -0.39 is 40.9 Å². The Labute approximate surface area is 156 Å². The molecule has 2 aromatic rings. The van der Waals surface area contributed by atoms with E-state index in [9.17, 15) is 22.4 Å². The second kappa shape index (κ2) is 9.24. The normalized spacial score (nSPS) is 12.2. The lowest BCUT2D eigenvalue weighted by Crippen LogP contribution is -2.34. The van der Waals surface area contributed by atoms with E-state index in [1.54, 1.807) is 6.92 Å². The number of halogens is 1. The number of hydrogen-bond acceptors (Lipinski definition) is 5. The van der Waals surface area contributed by atoms with Crippen LogP contribution in [0.15, 0.2) is 59.5 Å². The average molecular weight is 394 g/mol. The molecule has 0 radical (unpaired) electrons. The summed E-state index contributed by atoms with van der Waals surface area (Å²) in [4.78, 5) is 23.3. The quantitative estimate of drug-likeness (QED) is 0.661. The minimum Gasteiger partial charge on any atom is -0.455 e. The van der Waals surface area contributed by atoms with Crippen LogP contribution in [0.2, 0.25) is 0 Å². The maximum absolute atomic E-state index is 12.8. The first-order valence-electron chi connectivity index (χ1n) is 8.03. The van der Waals surface area contributed by atoms with Crippen molar-refractivity contribution in [3.8, 4) is 0 Å². The number of esters is 1. The number of hydrogen-bond donors (Lipinski definition) is 2. The number of rotatable bonds is 8. The Morgan fingerprint density at radius 1 is 1.07 bits per heavy atom. The van der Waals surface area contributed by atoms with Crippen LogP contribution in [0.1, 0.15) is 18.5 Å². The van der Waals surface area contributed by atoms with E-state index in [-0.39, 0.29) is 10.9 Å². The Hall–Kier alpha value is -2.78. The van der Waals surface area contributed by atoms with Crippen LogP contribution >= 0.6 is 0 Å². The van der Waals surface area contributed by atoms with Crippen molar-refractivity contribution in [1.29, 1.82) is 0 Å². The van der Waals surface area contributed by atoms with Crippen molar-refractivity contribution in [2.24, 2.45) is 0 Å². The van der Waals surface area contributed by atoms with E-state index in [0.29, 0.717) is 0 Å². The largest absolute Gasteiger partial charge is 0.455 e. The second-order valence-corrected chi connectivity index (χ2v) is 7.41. The molecule has 0 unspecified atom stereocenters. The molecule has 0 aromatic heterocycles. The van der Waals surface area contributed by atoms with Gasteiger partial charge in [-0.15, -0.1) is 0 Å². The molecular weight excluding hydrogens is 375 g/mol. The summed E-state index contributed by atoms with van der Waals surface area (Å²) in [5.74, 6) is -2.01. The van der Waals surface area contributed by atoms with Crippen molar-refractivity contribution in [3.63, 3.8) is 0 Å². The van der Waals surface area contributed by atoms with Gasteiger partial charge in [0.15, 0.2) is 6.61 Å². The number of carbonyl (C=O) groups excluding carboxylic acids is 2. The summed E-state index contributed by atoms with van der Waals surface area (Å²) in [7, 11) is -3.98. The van der Waals surface area contributed by atoms with Gasteiger partial charge in [-0.3, -0.25) is 9.59 Å². The Balaban J connectivity index is 1.77. The summed E-state index contributed by atoms with van der Waals surface area (Å²) in [6, 6.07) is 13.1. The van der Waals surface area contributed by atoms with E-state index in [4.69, 9.17) is 4.74 Å². The standard InChI is InChI=1S/C18H19FN2O5S/c1-13(14-5-3-2-4-6-14)21-17(22)12-26-18(23)11-20-27(24,25)16-9-7-15(19)8-10-16/h2-10,13,20H,11-12H2,1H3,(H,21,22)/t13-/m0/s1. The van der Waals surface area contributed by atoms with Crippen molar-refractivity contribution in [3.05, 3.63) is 66.0 Å². The molecule has 0 saturated carbocycles. The first-order valence-corrected chi connectivity index (χ1v) is 9.51. The molecule has 0 bridgehead atoms. The van der Waals surface area contributed by atoms with Crippen LogP contribution in [0, 0.1) is 5.82 Å². The second-order valence-electron chi connectivity index (χ2n) is 5.64. The number of nitrogens with one attached hydrogen (secondary N) is 2. The van der Waals surface area contributed by atoms with E-state index in [2.05, 4.69) is 5.32 Å². The molecule has 1 amide bonds. The highest BCUT2D eigenvalue weighted by Gasteiger charge is 2.17. The Morgan fingerprint density at radius 3 is 2.33 bits per heavy atom. The Bertz CT molecular complexity index is 886. The highest BCUT2D eigenvalue weighted by atomic mass is 32.2. The summed E-state index contributed by atoms with van der Waals surface area (Å²) in [6.45, 7) is 0.599. The molecule has 2 rings (SSSR count). The molecule has 0 saturated heterocycles. The third kappa shape index (κ3) is 6.46. The topological polar surface area (TPSA) is 102 Å². The molecule has 2 aromatic carbocycles. The van der Waals surface area contributed by atoms with Crippen LogP contribution in [0.5, 0.6) is 0 Å². The summed E-state index contributed by atoms with van der Waals surface area (Å²) < 4.78 is 43.6. The molecule has 27 heavy (non-hydrogen) atoms. The van der Waals surface area contributed by atoms with Gasteiger partial charge in [0.1, 0.15) is 12.4 Å². The van der Waals surface area contributed by atoms with Gasteiger partial charge in [-0.2, -0.15) is 4.72 Å². The van der Waals surface area contributed by atoms with Gasteiger partial charge < -0.3 is 10.1 Å². The predicted octanol–water partition coefficient (Wildman–Crippen LogP) is 1.52. The van der Waals surface area contributed by atoms with Crippen LogP contribution in [-0.4, -0.2) is 33.4 Å². The summed E-state index contributed by atoms with van der Waals surface area (Å²) in [5.41, 5.74) is 0.893. The third-order valence-electron chi connectivity index (χ3n) is 3.57. The van der Waals surface area contributed by atoms with Crippen LogP contribution in [-0.2, 0) is 24.3 Å². The van der Waals surface area contributed by atoms with Crippen molar-refractivity contribution >= 4 is 21.9 Å². The fourth-order valence-electron chi connectivity index (χ4n) is 2.16. The van der Waals surface area contributed by atoms with E-state index in [1.165, 1.54) is 0 Å². The van der Waals surface area contributed by atoms with Gasteiger partial charge in [-0.05, 0) is 36.8 Å². The SMILES string of the molecule is C[C@H](NC(=O)COC(=O)CNS(=O)(=O)c1ccc(F)cc1)c1ccccc1. The summed E-state index contributed by atoms with van der Waals surface area (Å²) in [5, 5.41) is 2.66. The van der Waals surface area contributed by atoms with Gasteiger partial charge in [-0.1, -0.05) is 30.3 Å². The average Bonchev–Trinajstić information content (AvgIpc) is 2.66. The van der Waals surface area contributed by atoms with Gasteiger partial charge >= 0.3 is 5.97 Å². The fraction of sp³-hybridized carbons (Fsp3) is 0.222. The molecule has 0 spiro atoms. The molecule has 2 N–H and O–H groups in total. The number of sulfonamides is 1.